The molecule has 33 heavy (non-hydrogen) atoms. The van der Waals surface area contributed by atoms with Crippen molar-refractivity contribution in [3.05, 3.63) is 59.3 Å². The fraction of sp³-hybridized carbons (Fsp3) is 0.304. The number of piperidine rings is 1. The van der Waals surface area contributed by atoms with Gasteiger partial charge in [-0.15, -0.1) is 0 Å². The summed E-state index contributed by atoms with van der Waals surface area (Å²) in [6, 6.07) is 12.8. The fourth-order valence-corrected chi connectivity index (χ4v) is 4.41. The summed E-state index contributed by atoms with van der Waals surface area (Å²) in [6.45, 7) is 5.32. The molecule has 5 N–H and O–H groups in total. The molecule has 0 saturated carbocycles. The van der Waals surface area contributed by atoms with E-state index in [1.165, 1.54) is 11.5 Å². The van der Waals surface area contributed by atoms with Gasteiger partial charge < -0.3 is 26.6 Å². The summed E-state index contributed by atoms with van der Waals surface area (Å²) in [7, 11) is 0. The van der Waals surface area contributed by atoms with Gasteiger partial charge in [-0.2, -0.15) is 4.37 Å². The van der Waals surface area contributed by atoms with Gasteiger partial charge in [-0.3, -0.25) is 4.79 Å². The summed E-state index contributed by atoms with van der Waals surface area (Å²) < 4.78 is 4.25. The summed E-state index contributed by atoms with van der Waals surface area (Å²) in [4.78, 5) is 31.2. The number of amides is 3. The predicted octanol–water partition coefficient (Wildman–Crippen LogP) is 3.79. The molecule has 3 amide bonds. The van der Waals surface area contributed by atoms with E-state index in [2.05, 4.69) is 30.2 Å². The summed E-state index contributed by atoms with van der Waals surface area (Å²) in [5.41, 5.74) is 8.64. The molecule has 2 aromatic heterocycles. The van der Waals surface area contributed by atoms with Crippen molar-refractivity contribution in [1.82, 2.24) is 14.7 Å². The van der Waals surface area contributed by atoms with Gasteiger partial charge >= 0.3 is 6.03 Å². The van der Waals surface area contributed by atoms with Gasteiger partial charge in [-0.25, -0.2) is 9.78 Å². The van der Waals surface area contributed by atoms with Gasteiger partial charge in [0.15, 0.2) is 0 Å². The number of aryl methyl sites for hydroxylation is 2. The number of hydrogen-bond acceptors (Lipinski definition) is 7. The topological polar surface area (TPSA) is 125 Å². The van der Waals surface area contributed by atoms with E-state index in [0.717, 1.165) is 41.3 Å². The zero-order valence-electron chi connectivity index (χ0n) is 18.6. The average molecular weight is 466 g/mol. The maximum absolute atomic E-state index is 12.5. The largest absolute Gasteiger partial charge is 0.365 e. The lowest BCUT2D eigenvalue weighted by Gasteiger charge is -2.34. The van der Waals surface area contributed by atoms with Crippen LogP contribution in [0.15, 0.2) is 42.5 Å². The number of hydrogen-bond donors (Lipinski definition) is 4. The van der Waals surface area contributed by atoms with Gasteiger partial charge in [0.2, 0.25) is 0 Å². The zero-order valence-corrected chi connectivity index (χ0v) is 19.4. The van der Waals surface area contributed by atoms with Gasteiger partial charge in [0.25, 0.3) is 5.91 Å². The highest BCUT2D eigenvalue weighted by Crippen LogP contribution is 2.27. The molecule has 9 nitrogen and oxygen atoms in total. The van der Waals surface area contributed by atoms with Crippen molar-refractivity contribution in [3.8, 4) is 0 Å². The maximum Gasteiger partial charge on any atom is 0.319 e. The van der Waals surface area contributed by atoms with E-state index >= 15 is 0 Å². The number of primary amides is 1. The Morgan fingerprint density at radius 3 is 2.64 bits per heavy atom. The number of pyridine rings is 1. The molecule has 10 heteroatoms. The van der Waals surface area contributed by atoms with E-state index in [-0.39, 0.29) is 12.1 Å². The molecule has 0 unspecified atom stereocenters. The Balaban J connectivity index is 1.44. The van der Waals surface area contributed by atoms with Crippen LogP contribution in [0.3, 0.4) is 0 Å². The second-order valence-corrected chi connectivity index (χ2v) is 8.94. The minimum Gasteiger partial charge on any atom is -0.365 e. The lowest BCUT2D eigenvalue weighted by molar-refractivity contribution is 0.100. The van der Waals surface area contributed by atoms with Crippen LogP contribution in [0.5, 0.6) is 0 Å². The third kappa shape index (κ3) is 5.78. The molecule has 3 aromatic rings. The standard InChI is InChI=1S/C23H27N7O2S/c1-14-5-7-16(8-6-14)25-23(32)26-17-4-3-11-30(13-17)19-10-9-18(21(24)31)22(27-19)28-20-12-15(2)29-33-20/h5-10,12,17H,3-4,11,13H2,1-2H3,(H2,24,31)(H,27,28)(H2,25,26,32)/t17-/m1/s1. The first-order valence-electron chi connectivity index (χ1n) is 10.8. The SMILES string of the molecule is Cc1ccc(NC(=O)N[C@@H]2CCCN(c3ccc(C(N)=O)c(Nc4cc(C)ns4)n3)C2)cc1. The third-order valence-electron chi connectivity index (χ3n) is 5.41. The lowest BCUT2D eigenvalue weighted by atomic mass is 10.1. The van der Waals surface area contributed by atoms with Crippen molar-refractivity contribution in [3.63, 3.8) is 0 Å². The zero-order chi connectivity index (χ0) is 23.4. The Hall–Kier alpha value is -3.66. The number of benzene rings is 1. The summed E-state index contributed by atoms with van der Waals surface area (Å²) in [5.74, 6) is 0.564. The van der Waals surface area contributed by atoms with Crippen LogP contribution in [-0.2, 0) is 0 Å². The van der Waals surface area contributed by atoms with Crippen molar-refractivity contribution < 1.29 is 9.59 Å². The van der Waals surface area contributed by atoms with Gasteiger partial charge in [0, 0.05) is 24.8 Å². The van der Waals surface area contributed by atoms with E-state index < -0.39 is 5.91 Å². The lowest BCUT2D eigenvalue weighted by Crippen LogP contribution is -2.49. The highest BCUT2D eigenvalue weighted by molar-refractivity contribution is 7.10. The molecule has 0 radical (unpaired) electrons. The van der Waals surface area contributed by atoms with Crippen LogP contribution in [0.4, 0.5) is 27.1 Å². The highest BCUT2D eigenvalue weighted by Gasteiger charge is 2.24. The molecule has 1 aromatic carbocycles. The van der Waals surface area contributed by atoms with Crippen LogP contribution in [0.2, 0.25) is 0 Å². The predicted molar refractivity (Wildman–Crippen MR) is 131 cm³/mol. The molecule has 0 spiro atoms. The minimum absolute atomic E-state index is 0.0256. The monoisotopic (exact) mass is 465 g/mol. The maximum atomic E-state index is 12.5. The summed E-state index contributed by atoms with van der Waals surface area (Å²) in [5, 5.41) is 9.88. The Labute approximate surface area is 196 Å². The summed E-state index contributed by atoms with van der Waals surface area (Å²) in [6.07, 6.45) is 1.79. The molecule has 172 valence electrons. The van der Waals surface area contributed by atoms with Gasteiger partial charge in [0.1, 0.15) is 16.6 Å². The van der Waals surface area contributed by atoms with E-state index in [0.29, 0.717) is 23.7 Å². The molecule has 3 heterocycles. The molecule has 0 bridgehead atoms. The van der Waals surface area contributed by atoms with Crippen molar-refractivity contribution in [2.75, 3.05) is 28.6 Å². The van der Waals surface area contributed by atoms with Crippen molar-refractivity contribution in [1.29, 1.82) is 0 Å². The first kappa shape index (κ1) is 22.5. The van der Waals surface area contributed by atoms with Gasteiger partial charge in [0.05, 0.1) is 11.3 Å². The van der Waals surface area contributed by atoms with Gasteiger partial charge in [-0.1, -0.05) is 17.7 Å². The number of carbonyl (C=O) groups excluding carboxylic acids is 2. The van der Waals surface area contributed by atoms with E-state index in [4.69, 9.17) is 5.73 Å². The van der Waals surface area contributed by atoms with Crippen molar-refractivity contribution >= 4 is 45.8 Å². The van der Waals surface area contributed by atoms with Crippen molar-refractivity contribution in [2.45, 2.75) is 32.7 Å². The molecule has 4 rings (SSSR count). The smallest absolute Gasteiger partial charge is 0.319 e. The molecular formula is C23H27N7O2S. The molecule has 1 aliphatic heterocycles. The van der Waals surface area contributed by atoms with Crippen LogP contribution in [0, 0.1) is 13.8 Å². The third-order valence-corrected chi connectivity index (χ3v) is 6.20. The van der Waals surface area contributed by atoms with Crippen LogP contribution in [0.25, 0.3) is 0 Å². The molecule has 1 saturated heterocycles. The Bertz CT molecular complexity index is 1150. The molecule has 0 aliphatic carbocycles. The number of aromatic nitrogens is 2. The van der Waals surface area contributed by atoms with Crippen LogP contribution in [0.1, 0.15) is 34.5 Å². The van der Waals surface area contributed by atoms with Crippen LogP contribution in [-0.4, -0.2) is 40.4 Å². The molecule has 1 atom stereocenters. The first-order valence-corrected chi connectivity index (χ1v) is 11.5. The normalized spacial score (nSPS) is 15.7. The fourth-order valence-electron chi connectivity index (χ4n) is 3.75. The number of nitrogens with two attached hydrogens (primary N) is 1. The number of nitrogens with one attached hydrogen (secondary N) is 3. The second-order valence-electron chi connectivity index (χ2n) is 8.14. The second kappa shape index (κ2) is 9.86. The van der Waals surface area contributed by atoms with E-state index in [1.54, 1.807) is 12.1 Å². The number of carbonyl (C=O) groups is 2. The first-order chi connectivity index (χ1) is 15.9. The number of anilines is 4. The number of rotatable bonds is 6. The molecular weight excluding hydrogens is 438 g/mol. The highest BCUT2D eigenvalue weighted by atomic mass is 32.1. The minimum atomic E-state index is -0.552. The quantitative estimate of drug-likeness (QED) is 0.439. The van der Waals surface area contributed by atoms with Crippen LogP contribution < -0.4 is 26.6 Å². The summed E-state index contributed by atoms with van der Waals surface area (Å²) >= 11 is 1.29. The number of nitrogens with zero attached hydrogens (tertiary/aromatic N) is 3. The Kier molecular flexibility index (Phi) is 6.74. The van der Waals surface area contributed by atoms with Crippen LogP contribution >= 0.6 is 11.5 Å². The molecule has 1 aliphatic rings. The number of urea groups is 1. The Morgan fingerprint density at radius 2 is 1.94 bits per heavy atom. The van der Waals surface area contributed by atoms with E-state index in [9.17, 15) is 9.59 Å². The van der Waals surface area contributed by atoms with Gasteiger partial charge in [-0.05, 0) is 68.6 Å². The Morgan fingerprint density at radius 1 is 1.15 bits per heavy atom. The molecule has 1 fully saturated rings. The van der Waals surface area contributed by atoms with E-state index in [1.807, 2.05) is 44.2 Å². The van der Waals surface area contributed by atoms with Crippen molar-refractivity contribution in [2.24, 2.45) is 5.73 Å². The average Bonchev–Trinajstić information content (AvgIpc) is 3.19.